The van der Waals surface area contributed by atoms with Crippen LogP contribution in [0.5, 0.6) is 0 Å². The molecule has 0 unspecified atom stereocenters. The Morgan fingerprint density at radius 3 is 2.74 bits per heavy atom. The number of ether oxygens (including phenoxy) is 1. The van der Waals surface area contributed by atoms with Crippen molar-refractivity contribution in [2.45, 2.75) is 31.0 Å². The highest BCUT2D eigenvalue weighted by Crippen LogP contribution is 2.26. The van der Waals surface area contributed by atoms with Crippen LogP contribution in [0.1, 0.15) is 19.4 Å². The van der Waals surface area contributed by atoms with Crippen LogP contribution in [0.2, 0.25) is 0 Å². The summed E-state index contributed by atoms with van der Waals surface area (Å²) < 4.78 is 32.0. The number of morpholine rings is 1. The molecule has 0 aromatic carbocycles. The fraction of sp³-hybridized carbons (Fsp3) is 0.583. The molecule has 106 valence electrons. The van der Waals surface area contributed by atoms with E-state index in [2.05, 4.69) is 4.98 Å². The zero-order valence-electron chi connectivity index (χ0n) is 11.2. The van der Waals surface area contributed by atoms with Gasteiger partial charge in [0.15, 0.2) is 5.03 Å². The number of nitrogens with two attached hydrogens (primary N) is 1. The summed E-state index contributed by atoms with van der Waals surface area (Å²) in [6, 6.07) is 3.19. The predicted octanol–water partition coefficient (Wildman–Crippen LogP) is 0.340. The maximum absolute atomic E-state index is 12.6. The first-order chi connectivity index (χ1) is 8.88. The van der Waals surface area contributed by atoms with Gasteiger partial charge < -0.3 is 10.5 Å². The van der Waals surface area contributed by atoms with Crippen LogP contribution in [-0.4, -0.2) is 43.0 Å². The molecule has 1 aromatic heterocycles. The van der Waals surface area contributed by atoms with E-state index >= 15 is 0 Å². The van der Waals surface area contributed by atoms with Crippen molar-refractivity contribution in [1.82, 2.24) is 9.29 Å². The van der Waals surface area contributed by atoms with Gasteiger partial charge in [0.1, 0.15) is 0 Å². The monoisotopic (exact) mass is 285 g/mol. The normalized spacial score (nSPS) is 20.4. The molecule has 7 heteroatoms. The Balaban J connectivity index is 2.35. The molecule has 0 radical (unpaired) electrons. The quantitative estimate of drug-likeness (QED) is 0.865. The zero-order chi connectivity index (χ0) is 14.1. The molecule has 0 amide bonds. The van der Waals surface area contributed by atoms with Crippen molar-refractivity contribution in [3.8, 4) is 0 Å². The van der Waals surface area contributed by atoms with E-state index in [1.54, 1.807) is 6.07 Å². The molecule has 0 aliphatic carbocycles. The molecule has 2 heterocycles. The van der Waals surface area contributed by atoms with Gasteiger partial charge >= 0.3 is 0 Å². The minimum absolute atomic E-state index is 0.0553. The number of hydrogen-bond donors (Lipinski definition) is 1. The number of sulfonamides is 1. The van der Waals surface area contributed by atoms with Crippen LogP contribution >= 0.6 is 0 Å². The molecule has 2 rings (SSSR count). The number of hydrogen-bond acceptors (Lipinski definition) is 5. The fourth-order valence-corrected chi connectivity index (χ4v) is 3.76. The minimum atomic E-state index is -3.59. The van der Waals surface area contributed by atoms with Crippen molar-refractivity contribution in [2.75, 3.05) is 19.8 Å². The third kappa shape index (κ3) is 2.79. The van der Waals surface area contributed by atoms with Crippen molar-refractivity contribution in [1.29, 1.82) is 0 Å². The van der Waals surface area contributed by atoms with Crippen LogP contribution in [0.25, 0.3) is 0 Å². The maximum atomic E-state index is 12.6. The molecule has 0 atom stereocenters. The van der Waals surface area contributed by atoms with Gasteiger partial charge in [-0.15, -0.1) is 0 Å². The Labute approximate surface area is 113 Å². The highest BCUT2D eigenvalue weighted by molar-refractivity contribution is 7.89. The first kappa shape index (κ1) is 14.4. The first-order valence-corrected chi connectivity index (χ1v) is 7.57. The van der Waals surface area contributed by atoms with E-state index in [4.69, 9.17) is 10.5 Å². The first-order valence-electron chi connectivity index (χ1n) is 6.13. The summed E-state index contributed by atoms with van der Waals surface area (Å²) in [5, 5.41) is 0.0553. The second-order valence-corrected chi connectivity index (χ2v) is 6.96. The third-order valence-electron chi connectivity index (χ3n) is 3.16. The molecule has 1 aliphatic heterocycles. The SMILES string of the molecule is CC1(C)COCCN1S(=O)(=O)c1ccc(CN)cn1. The van der Waals surface area contributed by atoms with Crippen LogP contribution in [0.15, 0.2) is 23.4 Å². The molecular weight excluding hydrogens is 266 g/mol. The average Bonchev–Trinajstić information content (AvgIpc) is 2.38. The molecule has 1 saturated heterocycles. The van der Waals surface area contributed by atoms with Crippen molar-refractivity contribution in [2.24, 2.45) is 5.73 Å². The van der Waals surface area contributed by atoms with Crippen molar-refractivity contribution >= 4 is 10.0 Å². The molecule has 19 heavy (non-hydrogen) atoms. The van der Waals surface area contributed by atoms with Crippen molar-refractivity contribution < 1.29 is 13.2 Å². The molecule has 6 nitrogen and oxygen atoms in total. The topological polar surface area (TPSA) is 85.5 Å². The maximum Gasteiger partial charge on any atom is 0.261 e. The third-order valence-corrected chi connectivity index (χ3v) is 5.18. The minimum Gasteiger partial charge on any atom is -0.378 e. The highest BCUT2D eigenvalue weighted by atomic mass is 32.2. The Hall–Kier alpha value is -1.02. The Kier molecular flexibility index (Phi) is 3.91. The predicted molar refractivity (Wildman–Crippen MR) is 70.9 cm³/mol. The van der Waals surface area contributed by atoms with Gasteiger partial charge in [-0.25, -0.2) is 13.4 Å². The van der Waals surface area contributed by atoms with Gasteiger partial charge in [0.2, 0.25) is 0 Å². The van der Waals surface area contributed by atoms with Crippen LogP contribution in [-0.2, 0) is 21.3 Å². The van der Waals surface area contributed by atoms with Crippen LogP contribution in [0.4, 0.5) is 0 Å². The standard InChI is InChI=1S/C12H19N3O3S/c1-12(2)9-18-6-5-15(12)19(16,17)11-4-3-10(7-13)8-14-11/h3-4,8H,5-7,9,13H2,1-2H3. The number of pyridine rings is 1. The van der Waals surface area contributed by atoms with E-state index in [1.807, 2.05) is 13.8 Å². The summed E-state index contributed by atoms with van der Waals surface area (Å²) in [5.74, 6) is 0. The van der Waals surface area contributed by atoms with Gasteiger partial charge in [0.05, 0.1) is 18.8 Å². The average molecular weight is 285 g/mol. The molecule has 0 saturated carbocycles. The van der Waals surface area contributed by atoms with Gasteiger partial charge in [-0.2, -0.15) is 4.31 Å². The summed E-state index contributed by atoms with van der Waals surface area (Å²) in [5.41, 5.74) is 5.72. The van der Waals surface area contributed by atoms with Gasteiger partial charge in [0, 0.05) is 19.3 Å². The second-order valence-electron chi connectivity index (χ2n) is 5.15. The van der Waals surface area contributed by atoms with Crippen LogP contribution < -0.4 is 5.73 Å². The van der Waals surface area contributed by atoms with E-state index in [9.17, 15) is 8.42 Å². The van der Waals surface area contributed by atoms with Crippen molar-refractivity contribution in [3.63, 3.8) is 0 Å². The number of nitrogens with zero attached hydrogens (tertiary/aromatic N) is 2. The Morgan fingerprint density at radius 2 is 2.21 bits per heavy atom. The van der Waals surface area contributed by atoms with Crippen molar-refractivity contribution in [3.05, 3.63) is 23.9 Å². The van der Waals surface area contributed by atoms with E-state index in [-0.39, 0.29) is 5.03 Å². The second kappa shape index (κ2) is 5.16. The fourth-order valence-electron chi connectivity index (χ4n) is 2.09. The summed E-state index contributed by atoms with van der Waals surface area (Å²) in [7, 11) is -3.59. The number of aromatic nitrogens is 1. The van der Waals surface area contributed by atoms with E-state index in [1.165, 1.54) is 16.6 Å². The molecule has 1 aliphatic rings. The van der Waals surface area contributed by atoms with Gasteiger partial charge in [0.25, 0.3) is 10.0 Å². The Bertz CT molecular complexity index is 540. The molecule has 1 aromatic rings. The lowest BCUT2D eigenvalue weighted by molar-refractivity contribution is -0.00782. The molecule has 0 spiro atoms. The Morgan fingerprint density at radius 1 is 1.47 bits per heavy atom. The summed E-state index contributed by atoms with van der Waals surface area (Å²) in [6.45, 7) is 5.17. The molecule has 1 fully saturated rings. The molecule has 2 N–H and O–H groups in total. The van der Waals surface area contributed by atoms with Gasteiger partial charge in [-0.3, -0.25) is 0 Å². The molecule has 0 bridgehead atoms. The molecular formula is C12H19N3O3S. The van der Waals surface area contributed by atoms with E-state index in [0.29, 0.717) is 26.3 Å². The van der Waals surface area contributed by atoms with Crippen LogP contribution in [0.3, 0.4) is 0 Å². The van der Waals surface area contributed by atoms with Gasteiger partial charge in [-0.1, -0.05) is 6.07 Å². The van der Waals surface area contributed by atoms with Crippen LogP contribution in [0, 0.1) is 0 Å². The summed E-state index contributed by atoms with van der Waals surface area (Å²) in [4.78, 5) is 4.01. The number of rotatable bonds is 3. The largest absolute Gasteiger partial charge is 0.378 e. The smallest absolute Gasteiger partial charge is 0.261 e. The van der Waals surface area contributed by atoms with E-state index in [0.717, 1.165) is 5.56 Å². The highest BCUT2D eigenvalue weighted by Gasteiger charge is 2.40. The zero-order valence-corrected chi connectivity index (χ0v) is 12.0. The van der Waals surface area contributed by atoms with E-state index < -0.39 is 15.6 Å². The summed E-state index contributed by atoms with van der Waals surface area (Å²) >= 11 is 0. The summed E-state index contributed by atoms with van der Waals surface area (Å²) in [6.07, 6.45) is 1.50. The lowest BCUT2D eigenvalue weighted by atomic mass is 10.1. The van der Waals surface area contributed by atoms with Gasteiger partial charge in [-0.05, 0) is 25.5 Å². The lowest BCUT2D eigenvalue weighted by Crippen LogP contribution is -2.55. The lowest BCUT2D eigenvalue weighted by Gasteiger charge is -2.40.